The van der Waals surface area contributed by atoms with Crippen LogP contribution in [-0.4, -0.2) is 38.9 Å². The van der Waals surface area contributed by atoms with Crippen LogP contribution in [0.2, 0.25) is 5.02 Å². The van der Waals surface area contributed by atoms with Crippen LogP contribution in [0.5, 0.6) is 11.6 Å². The second kappa shape index (κ2) is 11.4. The Bertz CT molecular complexity index is 1310. The lowest BCUT2D eigenvalue weighted by Crippen LogP contribution is -2.56. The van der Waals surface area contributed by atoms with Gasteiger partial charge in [-0.2, -0.15) is 0 Å². The molecule has 11 nitrogen and oxygen atoms in total. The highest BCUT2D eigenvalue weighted by Crippen LogP contribution is 2.23. The number of ether oxygens (including phenoxy) is 1. The summed E-state index contributed by atoms with van der Waals surface area (Å²) in [5.74, 6) is -0.591. The fourth-order valence-corrected chi connectivity index (χ4v) is 3.50. The first-order chi connectivity index (χ1) is 17.8. The van der Waals surface area contributed by atoms with Gasteiger partial charge in [-0.1, -0.05) is 30.7 Å². The molecule has 4 rings (SSSR count). The third-order valence-corrected chi connectivity index (χ3v) is 5.56. The number of nitrogens with one attached hydrogen (secondary N) is 3. The Morgan fingerprint density at radius 2 is 1.84 bits per heavy atom. The average molecular weight is 522 g/mol. The maximum absolute atomic E-state index is 13.2. The van der Waals surface area contributed by atoms with E-state index in [-0.39, 0.29) is 42.1 Å². The number of halogens is 1. The summed E-state index contributed by atoms with van der Waals surface area (Å²) in [6, 6.07) is 14.1. The molecule has 0 spiro atoms. The van der Waals surface area contributed by atoms with E-state index in [1.807, 2.05) is 12.1 Å². The van der Waals surface area contributed by atoms with Crippen molar-refractivity contribution in [2.45, 2.75) is 26.2 Å². The van der Waals surface area contributed by atoms with Gasteiger partial charge in [0.25, 0.3) is 11.8 Å². The quantitative estimate of drug-likeness (QED) is 0.335. The molecule has 37 heavy (non-hydrogen) atoms. The topological polar surface area (TPSA) is 152 Å². The minimum atomic E-state index is -0.677. The summed E-state index contributed by atoms with van der Waals surface area (Å²) in [7, 11) is 0. The zero-order valence-corrected chi connectivity index (χ0v) is 20.5. The summed E-state index contributed by atoms with van der Waals surface area (Å²) < 4.78 is 5.65. The van der Waals surface area contributed by atoms with Crippen LogP contribution in [0.1, 0.15) is 29.4 Å². The molecule has 0 bridgehead atoms. The summed E-state index contributed by atoms with van der Waals surface area (Å²) in [5.41, 5.74) is 6.92. The van der Waals surface area contributed by atoms with E-state index < -0.39 is 12.2 Å². The zero-order valence-electron chi connectivity index (χ0n) is 19.8. The molecule has 2 aromatic carbocycles. The van der Waals surface area contributed by atoms with Crippen molar-refractivity contribution >= 4 is 35.0 Å². The molecule has 0 aliphatic carbocycles. The van der Waals surface area contributed by atoms with E-state index in [0.717, 1.165) is 5.56 Å². The number of amides is 3. The van der Waals surface area contributed by atoms with Crippen LogP contribution in [0.15, 0.2) is 72.8 Å². The fourth-order valence-electron chi connectivity index (χ4n) is 3.38. The second-order valence-corrected chi connectivity index (χ2v) is 8.40. The minimum Gasteiger partial charge on any atom is -0.438 e. The number of primary amides is 1. The normalized spacial score (nSPS) is 14.9. The molecular formula is C25H24ClN7O4. The highest BCUT2D eigenvalue weighted by atomic mass is 35.5. The molecule has 3 aromatic rings. The number of carbonyl (C=O) groups excluding carboxylic acids is 3. The van der Waals surface area contributed by atoms with E-state index in [1.54, 1.807) is 48.2 Å². The summed E-state index contributed by atoms with van der Waals surface area (Å²) in [5, 5.41) is 9.63. The van der Waals surface area contributed by atoms with E-state index in [1.165, 1.54) is 18.6 Å². The number of aromatic nitrogens is 2. The maximum Gasteiger partial charge on any atom is 0.275 e. The Balaban J connectivity index is 1.48. The first-order valence-electron chi connectivity index (χ1n) is 11.3. The van der Waals surface area contributed by atoms with Gasteiger partial charge in [0.1, 0.15) is 17.1 Å². The van der Waals surface area contributed by atoms with Gasteiger partial charge < -0.3 is 26.4 Å². The maximum atomic E-state index is 13.2. The van der Waals surface area contributed by atoms with Crippen LogP contribution in [-0.2, 0) is 16.1 Å². The number of anilines is 1. The van der Waals surface area contributed by atoms with Crippen LogP contribution < -0.4 is 26.4 Å². The molecule has 1 aliphatic heterocycles. The minimum absolute atomic E-state index is 0.0380. The highest BCUT2D eigenvalue weighted by molar-refractivity contribution is 6.30. The number of carbonyl (C=O) groups is 3. The van der Waals surface area contributed by atoms with Gasteiger partial charge in [0.05, 0.1) is 12.4 Å². The largest absolute Gasteiger partial charge is 0.438 e. The summed E-state index contributed by atoms with van der Waals surface area (Å²) in [4.78, 5) is 45.7. The molecule has 3 amide bonds. The van der Waals surface area contributed by atoms with Crippen LogP contribution in [0, 0.1) is 0 Å². The van der Waals surface area contributed by atoms with Crippen LogP contribution in [0.3, 0.4) is 0 Å². The van der Waals surface area contributed by atoms with Gasteiger partial charge in [-0.25, -0.2) is 9.97 Å². The SMILES string of the molecule is CCC(=O)NC1=CNC(Nc2ccc(Oc3cnc(C(N)=O)cn3)cc2)N(Cc2ccc(Cl)cc2)C1=O. The van der Waals surface area contributed by atoms with Crippen molar-refractivity contribution in [3.63, 3.8) is 0 Å². The van der Waals surface area contributed by atoms with Gasteiger partial charge >= 0.3 is 0 Å². The van der Waals surface area contributed by atoms with Crippen LogP contribution in [0.25, 0.3) is 0 Å². The first kappa shape index (κ1) is 25.5. The number of benzene rings is 2. The summed E-state index contributed by atoms with van der Waals surface area (Å²) >= 11 is 6.00. The Morgan fingerprint density at radius 3 is 2.46 bits per heavy atom. The van der Waals surface area contributed by atoms with Gasteiger partial charge in [-0.3, -0.25) is 19.3 Å². The fraction of sp³-hybridized carbons (Fsp3) is 0.160. The van der Waals surface area contributed by atoms with Gasteiger partial charge in [0.2, 0.25) is 11.8 Å². The number of nitrogens with two attached hydrogens (primary N) is 1. The van der Waals surface area contributed by atoms with E-state index in [9.17, 15) is 14.4 Å². The van der Waals surface area contributed by atoms with Gasteiger partial charge in [-0.05, 0) is 42.0 Å². The molecular weight excluding hydrogens is 498 g/mol. The number of nitrogens with zero attached hydrogens (tertiary/aromatic N) is 3. The smallest absolute Gasteiger partial charge is 0.275 e. The Morgan fingerprint density at radius 1 is 1.11 bits per heavy atom. The first-order valence-corrected chi connectivity index (χ1v) is 11.7. The van der Waals surface area contributed by atoms with Gasteiger partial charge in [-0.15, -0.1) is 0 Å². The van der Waals surface area contributed by atoms with Crippen molar-refractivity contribution in [1.29, 1.82) is 0 Å². The molecule has 2 heterocycles. The Kier molecular flexibility index (Phi) is 7.84. The zero-order chi connectivity index (χ0) is 26.4. The van der Waals surface area contributed by atoms with Crippen molar-refractivity contribution < 1.29 is 19.1 Å². The van der Waals surface area contributed by atoms with E-state index in [2.05, 4.69) is 25.9 Å². The molecule has 1 aromatic heterocycles. The Hall–Kier alpha value is -4.64. The molecule has 5 N–H and O–H groups in total. The van der Waals surface area contributed by atoms with Crippen molar-refractivity contribution in [3.05, 3.63) is 89.1 Å². The lowest BCUT2D eigenvalue weighted by Gasteiger charge is -2.37. The van der Waals surface area contributed by atoms with E-state index in [0.29, 0.717) is 16.5 Å². The monoisotopic (exact) mass is 521 g/mol. The third-order valence-electron chi connectivity index (χ3n) is 5.31. The number of rotatable bonds is 9. The molecule has 0 radical (unpaired) electrons. The van der Waals surface area contributed by atoms with E-state index in [4.69, 9.17) is 22.1 Å². The number of hydrogen-bond donors (Lipinski definition) is 4. The second-order valence-electron chi connectivity index (χ2n) is 7.96. The molecule has 190 valence electrons. The highest BCUT2D eigenvalue weighted by Gasteiger charge is 2.31. The molecule has 0 fully saturated rings. The predicted molar refractivity (Wildman–Crippen MR) is 136 cm³/mol. The van der Waals surface area contributed by atoms with Crippen molar-refractivity contribution in [2.75, 3.05) is 5.32 Å². The average Bonchev–Trinajstić information content (AvgIpc) is 2.90. The van der Waals surface area contributed by atoms with Crippen molar-refractivity contribution in [2.24, 2.45) is 5.73 Å². The van der Waals surface area contributed by atoms with Crippen LogP contribution in [0.4, 0.5) is 5.69 Å². The summed E-state index contributed by atoms with van der Waals surface area (Å²) in [6.45, 7) is 1.98. The van der Waals surface area contributed by atoms with E-state index >= 15 is 0 Å². The molecule has 0 saturated carbocycles. The molecule has 1 unspecified atom stereocenters. The Labute approximate surface area is 217 Å². The lowest BCUT2D eigenvalue weighted by molar-refractivity contribution is -0.133. The van der Waals surface area contributed by atoms with Crippen molar-refractivity contribution in [3.8, 4) is 11.6 Å². The van der Waals surface area contributed by atoms with Gasteiger partial charge in [0.15, 0.2) is 6.29 Å². The predicted octanol–water partition coefficient (Wildman–Crippen LogP) is 2.72. The molecule has 1 aliphatic rings. The van der Waals surface area contributed by atoms with Crippen LogP contribution >= 0.6 is 11.6 Å². The molecule has 1 atom stereocenters. The molecule has 0 saturated heterocycles. The third kappa shape index (κ3) is 6.53. The number of hydrogen-bond acceptors (Lipinski definition) is 8. The lowest BCUT2D eigenvalue weighted by atomic mass is 10.2. The van der Waals surface area contributed by atoms with Gasteiger partial charge in [0, 0.05) is 29.9 Å². The standard InChI is InChI=1S/C25H24ClN7O4/c1-2-21(34)32-20-12-30-25(33(24(20)36)14-15-3-5-16(26)6-4-15)31-17-7-9-18(10-8-17)37-22-13-28-19(11-29-22)23(27)35/h3-13,25,30-31H,2,14H2,1H3,(H2,27,35)(H,32,34). The van der Waals surface area contributed by atoms with Crippen molar-refractivity contribution in [1.82, 2.24) is 25.5 Å². The molecule has 12 heteroatoms. The summed E-state index contributed by atoms with van der Waals surface area (Å²) in [6.07, 6.45) is 3.67.